The number of amides is 1. The predicted molar refractivity (Wildman–Crippen MR) is 153 cm³/mol. The van der Waals surface area contributed by atoms with E-state index >= 15 is 0 Å². The van der Waals surface area contributed by atoms with E-state index in [0.717, 1.165) is 28.8 Å². The highest BCUT2D eigenvalue weighted by Gasteiger charge is 2.18. The molecule has 0 spiro atoms. The lowest BCUT2D eigenvalue weighted by atomic mass is 10.1. The third-order valence-electron chi connectivity index (χ3n) is 6.29. The summed E-state index contributed by atoms with van der Waals surface area (Å²) in [6.45, 7) is 2.38. The summed E-state index contributed by atoms with van der Waals surface area (Å²) in [4.78, 5) is 34.5. The SMILES string of the molecule is CCc1ccc(NC(=O)CSc2nc3c(-c4ccccc4)c[nH]c3c(=O)n2Cc2cccc(OC)c2)cc1. The minimum absolute atomic E-state index is 0.108. The Balaban J connectivity index is 1.49. The van der Waals surface area contributed by atoms with E-state index in [0.29, 0.717) is 28.5 Å². The highest BCUT2D eigenvalue weighted by molar-refractivity contribution is 7.99. The maximum Gasteiger partial charge on any atom is 0.278 e. The van der Waals surface area contributed by atoms with Gasteiger partial charge in [-0.05, 0) is 47.4 Å². The van der Waals surface area contributed by atoms with E-state index in [-0.39, 0.29) is 17.2 Å². The number of H-pyrrole nitrogens is 1. The molecule has 2 N–H and O–H groups in total. The number of hydrogen-bond acceptors (Lipinski definition) is 5. The van der Waals surface area contributed by atoms with Gasteiger partial charge >= 0.3 is 0 Å². The summed E-state index contributed by atoms with van der Waals surface area (Å²) in [5.41, 5.74) is 5.45. The van der Waals surface area contributed by atoms with Gasteiger partial charge in [0.2, 0.25) is 5.91 Å². The number of aromatic nitrogens is 3. The van der Waals surface area contributed by atoms with Crippen LogP contribution in [0.4, 0.5) is 5.69 Å². The van der Waals surface area contributed by atoms with E-state index in [1.807, 2.05) is 85.1 Å². The number of anilines is 1. The van der Waals surface area contributed by atoms with Crippen LogP contribution in [0.25, 0.3) is 22.2 Å². The van der Waals surface area contributed by atoms with Crippen molar-refractivity contribution in [1.82, 2.24) is 14.5 Å². The van der Waals surface area contributed by atoms with Crippen molar-refractivity contribution >= 4 is 34.4 Å². The molecule has 0 aliphatic rings. The van der Waals surface area contributed by atoms with Gasteiger partial charge in [-0.15, -0.1) is 0 Å². The van der Waals surface area contributed by atoms with Crippen molar-refractivity contribution < 1.29 is 9.53 Å². The average Bonchev–Trinajstić information content (AvgIpc) is 3.39. The molecule has 0 bridgehead atoms. The van der Waals surface area contributed by atoms with E-state index in [1.165, 1.54) is 17.3 Å². The second kappa shape index (κ2) is 11.4. The maximum atomic E-state index is 13.7. The third kappa shape index (κ3) is 5.50. The van der Waals surface area contributed by atoms with Crippen LogP contribution in [0, 0.1) is 0 Å². The van der Waals surface area contributed by atoms with Gasteiger partial charge in [-0.25, -0.2) is 4.98 Å². The molecular weight excluding hydrogens is 496 g/mol. The maximum absolute atomic E-state index is 13.7. The number of fused-ring (bicyclic) bond motifs is 1. The number of aryl methyl sites for hydroxylation is 1. The molecule has 0 atom stereocenters. The smallest absolute Gasteiger partial charge is 0.278 e. The third-order valence-corrected chi connectivity index (χ3v) is 7.26. The number of hydrogen-bond donors (Lipinski definition) is 2. The van der Waals surface area contributed by atoms with Gasteiger partial charge in [-0.2, -0.15) is 0 Å². The van der Waals surface area contributed by atoms with Crippen molar-refractivity contribution in [3.63, 3.8) is 0 Å². The molecule has 192 valence electrons. The van der Waals surface area contributed by atoms with Crippen LogP contribution in [-0.2, 0) is 17.8 Å². The number of carbonyl (C=O) groups excluding carboxylic acids is 1. The molecule has 0 radical (unpaired) electrons. The Morgan fingerprint density at radius 2 is 1.82 bits per heavy atom. The first kappa shape index (κ1) is 25.4. The number of methoxy groups -OCH3 is 1. The first-order valence-electron chi connectivity index (χ1n) is 12.4. The lowest BCUT2D eigenvalue weighted by molar-refractivity contribution is -0.113. The quantitative estimate of drug-likeness (QED) is 0.190. The molecule has 38 heavy (non-hydrogen) atoms. The minimum atomic E-state index is -0.196. The number of benzene rings is 3. The number of thioether (sulfide) groups is 1. The number of carbonyl (C=O) groups is 1. The molecule has 1 amide bonds. The monoisotopic (exact) mass is 524 g/mol. The summed E-state index contributed by atoms with van der Waals surface area (Å²) in [5.74, 6) is 0.647. The fourth-order valence-electron chi connectivity index (χ4n) is 4.26. The zero-order chi connectivity index (χ0) is 26.5. The second-order valence-electron chi connectivity index (χ2n) is 8.82. The first-order valence-corrected chi connectivity index (χ1v) is 13.4. The Labute approximate surface area is 224 Å². The number of rotatable bonds is 9. The van der Waals surface area contributed by atoms with Crippen molar-refractivity contribution in [2.75, 3.05) is 18.2 Å². The van der Waals surface area contributed by atoms with Gasteiger partial charge in [0.25, 0.3) is 5.56 Å². The largest absolute Gasteiger partial charge is 0.497 e. The van der Waals surface area contributed by atoms with E-state index in [9.17, 15) is 9.59 Å². The van der Waals surface area contributed by atoms with Crippen molar-refractivity contribution in [2.45, 2.75) is 25.0 Å². The Kier molecular flexibility index (Phi) is 7.60. The van der Waals surface area contributed by atoms with Gasteiger partial charge < -0.3 is 15.0 Å². The molecule has 0 fully saturated rings. The summed E-state index contributed by atoms with van der Waals surface area (Å²) in [7, 11) is 1.61. The highest BCUT2D eigenvalue weighted by atomic mass is 32.2. The Morgan fingerprint density at radius 1 is 1.03 bits per heavy atom. The zero-order valence-corrected chi connectivity index (χ0v) is 22.0. The molecule has 5 aromatic rings. The van der Waals surface area contributed by atoms with Crippen molar-refractivity contribution in [3.8, 4) is 16.9 Å². The van der Waals surface area contributed by atoms with Crippen LogP contribution < -0.4 is 15.6 Å². The molecule has 0 aliphatic carbocycles. The molecule has 5 rings (SSSR count). The Morgan fingerprint density at radius 3 is 2.55 bits per heavy atom. The van der Waals surface area contributed by atoms with Gasteiger partial charge in [-0.3, -0.25) is 14.2 Å². The van der Waals surface area contributed by atoms with Gasteiger partial charge in [0.1, 0.15) is 16.8 Å². The van der Waals surface area contributed by atoms with E-state index in [2.05, 4.69) is 17.2 Å². The number of ether oxygens (including phenoxy) is 1. The Bertz CT molecular complexity index is 1630. The van der Waals surface area contributed by atoms with Crippen LogP contribution in [0.2, 0.25) is 0 Å². The molecule has 0 unspecified atom stereocenters. The van der Waals surface area contributed by atoms with Crippen molar-refractivity contribution in [1.29, 1.82) is 0 Å². The molecular formula is C30H28N4O3S. The second-order valence-corrected chi connectivity index (χ2v) is 9.76. The zero-order valence-electron chi connectivity index (χ0n) is 21.2. The lowest BCUT2D eigenvalue weighted by Crippen LogP contribution is -2.25. The van der Waals surface area contributed by atoms with E-state index in [1.54, 1.807) is 11.7 Å². The van der Waals surface area contributed by atoms with Gasteiger partial charge in [0.05, 0.1) is 19.4 Å². The predicted octanol–water partition coefficient (Wildman–Crippen LogP) is 5.74. The highest BCUT2D eigenvalue weighted by Crippen LogP contribution is 2.28. The van der Waals surface area contributed by atoms with Crippen LogP contribution in [0.5, 0.6) is 5.75 Å². The van der Waals surface area contributed by atoms with Crippen molar-refractivity contribution in [3.05, 3.63) is 107 Å². The fourth-order valence-corrected chi connectivity index (χ4v) is 5.06. The van der Waals surface area contributed by atoms with Crippen LogP contribution in [0.15, 0.2) is 95.0 Å². The summed E-state index contributed by atoms with van der Waals surface area (Å²) in [5, 5.41) is 3.41. The standard InChI is InChI=1S/C30H28N4O3S/c1-3-20-12-14-23(15-13-20)32-26(35)19-38-30-33-27-25(22-9-5-4-6-10-22)17-31-28(27)29(36)34(30)18-21-8-7-11-24(16-21)37-2/h4-17,31H,3,18-19H2,1-2H3,(H,32,35). The summed E-state index contributed by atoms with van der Waals surface area (Å²) in [6, 6.07) is 25.2. The molecule has 2 heterocycles. The summed E-state index contributed by atoms with van der Waals surface area (Å²) >= 11 is 1.24. The molecule has 8 heteroatoms. The molecule has 3 aromatic carbocycles. The molecule has 2 aromatic heterocycles. The Hall–Kier alpha value is -4.30. The molecule has 0 aliphatic heterocycles. The van der Waals surface area contributed by atoms with Crippen molar-refractivity contribution in [2.24, 2.45) is 0 Å². The first-order chi connectivity index (χ1) is 18.6. The van der Waals surface area contributed by atoms with Gasteiger partial charge in [0, 0.05) is 17.4 Å². The number of nitrogens with one attached hydrogen (secondary N) is 2. The summed E-state index contributed by atoms with van der Waals surface area (Å²) in [6.07, 6.45) is 2.75. The number of nitrogens with zero attached hydrogens (tertiary/aromatic N) is 2. The summed E-state index contributed by atoms with van der Waals surface area (Å²) < 4.78 is 6.97. The van der Waals surface area contributed by atoms with Gasteiger partial charge in [-0.1, -0.05) is 73.3 Å². The minimum Gasteiger partial charge on any atom is -0.497 e. The molecule has 7 nitrogen and oxygen atoms in total. The van der Waals surface area contributed by atoms with Crippen LogP contribution in [-0.4, -0.2) is 33.3 Å². The van der Waals surface area contributed by atoms with Crippen LogP contribution >= 0.6 is 11.8 Å². The number of aromatic amines is 1. The van der Waals surface area contributed by atoms with Crippen LogP contribution in [0.3, 0.4) is 0 Å². The fraction of sp³-hybridized carbons (Fsp3) is 0.167. The van der Waals surface area contributed by atoms with Gasteiger partial charge in [0.15, 0.2) is 5.16 Å². The van der Waals surface area contributed by atoms with E-state index < -0.39 is 0 Å². The molecule has 0 saturated carbocycles. The van der Waals surface area contributed by atoms with Crippen LogP contribution in [0.1, 0.15) is 18.1 Å². The normalized spacial score (nSPS) is 11.0. The molecule has 0 saturated heterocycles. The topological polar surface area (TPSA) is 89.0 Å². The van der Waals surface area contributed by atoms with E-state index in [4.69, 9.17) is 9.72 Å². The average molecular weight is 525 g/mol. The lowest BCUT2D eigenvalue weighted by Gasteiger charge is -2.13.